The summed E-state index contributed by atoms with van der Waals surface area (Å²) in [7, 11) is 1.92. The lowest BCUT2D eigenvalue weighted by Crippen LogP contribution is -2.33. The second-order valence-electron chi connectivity index (χ2n) is 3.89. The van der Waals surface area contributed by atoms with E-state index in [2.05, 4.69) is 10.3 Å². The molecule has 1 aromatic rings. The largest absolute Gasteiger partial charge is 0.336 e. The Kier molecular flexibility index (Phi) is 3.41. The van der Waals surface area contributed by atoms with Gasteiger partial charge >= 0.3 is 0 Å². The number of amides is 1. The van der Waals surface area contributed by atoms with Gasteiger partial charge in [-0.15, -0.1) is 0 Å². The van der Waals surface area contributed by atoms with E-state index in [4.69, 9.17) is 11.6 Å². The number of pyridine rings is 1. The monoisotopic (exact) mass is 239 g/mol. The summed E-state index contributed by atoms with van der Waals surface area (Å²) < 4.78 is 0. The number of aromatic nitrogens is 1. The van der Waals surface area contributed by atoms with Crippen LogP contribution in [-0.2, 0) is 0 Å². The van der Waals surface area contributed by atoms with Crippen LogP contribution in [-0.4, -0.2) is 42.0 Å². The number of hydrogen-bond acceptors (Lipinski definition) is 3. The molecule has 0 spiro atoms. The zero-order chi connectivity index (χ0) is 11.5. The van der Waals surface area contributed by atoms with Gasteiger partial charge in [0.25, 0.3) is 5.91 Å². The number of halogens is 1. The van der Waals surface area contributed by atoms with Crippen LogP contribution in [0.2, 0.25) is 5.02 Å². The molecule has 16 heavy (non-hydrogen) atoms. The Bertz CT molecular complexity index is 379. The van der Waals surface area contributed by atoms with Crippen molar-refractivity contribution in [3.05, 3.63) is 29.0 Å². The summed E-state index contributed by atoms with van der Waals surface area (Å²) in [4.78, 5) is 17.9. The highest BCUT2D eigenvalue weighted by atomic mass is 35.5. The highest BCUT2D eigenvalue weighted by Gasteiger charge is 2.26. The number of rotatable bonds is 2. The molecule has 0 aromatic carbocycles. The van der Waals surface area contributed by atoms with Gasteiger partial charge in [-0.3, -0.25) is 4.79 Å². The van der Waals surface area contributed by atoms with Crippen LogP contribution in [0.25, 0.3) is 0 Å². The molecule has 1 aliphatic rings. The van der Waals surface area contributed by atoms with Gasteiger partial charge in [0.15, 0.2) is 0 Å². The Morgan fingerprint density at radius 1 is 1.62 bits per heavy atom. The van der Waals surface area contributed by atoms with Gasteiger partial charge in [-0.2, -0.15) is 0 Å². The van der Waals surface area contributed by atoms with Crippen LogP contribution >= 0.6 is 11.6 Å². The molecule has 86 valence electrons. The highest BCUT2D eigenvalue weighted by Crippen LogP contribution is 2.13. The number of nitrogens with zero attached hydrogens (tertiary/aromatic N) is 2. The Labute approximate surface area is 99.6 Å². The maximum atomic E-state index is 12.0. The molecule has 1 aliphatic heterocycles. The maximum Gasteiger partial charge on any atom is 0.272 e. The highest BCUT2D eigenvalue weighted by molar-refractivity contribution is 6.30. The number of likely N-dealkylation sites (N-methyl/N-ethyl adjacent to an activating group) is 1. The van der Waals surface area contributed by atoms with E-state index < -0.39 is 0 Å². The molecule has 1 unspecified atom stereocenters. The third-order valence-corrected chi connectivity index (χ3v) is 3.05. The topological polar surface area (TPSA) is 45.2 Å². The molecule has 1 aromatic heterocycles. The van der Waals surface area contributed by atoms with E-state index in [-0.39, 0.29) is 5.91 Å². The lowest BCUT2D eigenvalue weighted by molar-refractivity contribution is 0.0784. The number of nitrogens with one attached hydrogen (secondary N) is 1. The van der Waals surface area contributed by atoms with Crippen molar-refractivity contribution in [3.63, 3.8) is 0 Å². The minimum atomic E-state index is -0.0191. The second-order valence-corrected chi connectivity index (χ2v) is 4.32. The Hall–Kier alpha value is -1.13. The van der Waals surface area contributed by atoms with Crippen molar-refractivity contribution in [2.45, 2.75) is 12.5 Å². The van der Waals surface area contributed by atoms with Crippen molar-refractivity contribution in [2.24, 2.45) is 0 Å². The fraction of sp³-hybridized carbons (Fsp3) is 0.455. The van der Waals surface area contributed by atoms with Crippen molar-refractivity contribution >= 4 is 17.5 Å². The second kappa shape index (κ2) is 4.80. The summed E-state index contributed by atoms with van der Waals surface area (Å²) in [5.74, 6) is -0.0191. The Balaban J connectivity index is 2.05. The van der Waals surface area contributed by atoms with Crippen LogP contribution in [0.3, 0.4) is 0 Å². The molecule has 1 amide bonds. The molecule has 1 atom stereocenters. The van der Waals surface area contributed by atoms with E-state index in [1.165, 1.54) is 6.20 Å². The summed E-state index contributed by atoms with van der Waals surface area (Å²) in [5.41, 5.74) is 0.459. The van der Waals surface area contributed by atoms with Crippen LogP contribution < -0.4 is 5.32 Å². The molecular weight excluding hydrogens is 226 g/mol. The first-order chi connectivity index (χ1) is 7.70. The normalized spacial score (nSPS) is 20.1. The van der Waals surface area contributed by atoms with Crippen molar-refractivity contribution in [1.29, 1.82) is 0 Å². The van der Waals surface area contributed by atoms with E-state index in [1.54, 1.807) is 12.1 Å². The molecule has 4 nitrogen and oxygen atoms in total. The van der Waals surface area contributed by atoms with Gasteiger partial charge in [-0.1, -0.05) is 11.6 Å². The van der Waals surface area contributed by atoms with E-state index in [0.717, 1.165) is 19.5 Å². The van der Waals surface area contributed by atoms with Gasteiger partial charge in [0.05, 0.1) is 5.02 Å². The molecule has 0 radical (unpaired) electrons. The van der Waals surface area contributed by atoms with Crippen molar-refractivity contribution in [2.75, 3.05) is 20.1 Å². The van der Waals surface area contributed by atoms with Crippen LogP contribution in [0.5, 0.6) is 0 Å². The van der Waals surface area contributed by atoms with E-state index in [1.807, 2.05) is 11.9 Å². The smallest absolute Gasteiger partial charge is 0.272 e. The minimum Gasteiger partial charge on any atom is -0.336 e. The maximum absolute atomic E-state index is 12.0. The first-order valence-electron chi connectivity index (χ1n) is 5.29. The predicted molar refractivity (Wildman–Crippen MR) is 62.6 cm³/mol. The van der Waals surface area contributed by atoms with Gasteiger partial charge in [-0.05, 0) is 25.6 Å². The van der Waals surface area contributed by atoms with Gasteiger partial charge in [0.1, 0.15) is 5.69 Å². The molecule has 2 heterocycles. The molecule has 2 rings (SSSR count). The van der Waals surface area contributed by atoms with Crippen LogP contribution in [0.15, 0.2) is 18.3 Å². The van der Waals surface area contributed by atoms with E-state index in [9.17, 15) is 4.79 Å². The van der Waals surface area contributed by atoms with E-state index >= 15 is 0 Å². The number of hydrogen-bond donors (Lipinski definition) is 1. The summed E-state index contributed by atoms with van der Waals surface area (Å²) in [5, 5.41) is 3.72. The summed E-state index contributed by atoms with van der Waals surface area (Å²) in [6.45, 7) is 1.54. The average Bonchev–Trinajstić information content (AvgIpc) is 2.77. The molecule has 0 saturated carbocycles. The molecule has 5 heteroatoms. The van der Waals surface area contributed by atoms with Gasteiger partial charge < -0.3 is 10.2 Å². The SMILES string of the molecule is CNC1CCN(C(=O)c2ccc(Cl)cn2)C1. The Morgan fingerprint density at radius 2 is 2.44 bits per heavy atom. The molecular formula is C11H14ClN3O. The summed E-state index contributed by atoms with van der Waals surface area (Å²) in [6.07, 6.45) is 2.50. The quantitative estimate of drug-likeness (QED) is 0.843. The van der Waals surface area contributed by atoms with Crippen molar-refractivity contribution in [1.82, 2.24) is 15.2 Å². The first kappa shape index (κ1) is 11.4. The molecule has 0 aliphatic carbocycles. The van der Waals surface area contributed by atoms with Crippen molar-refractivity contribution in [3.8, 4) is 0 Å². The predicted octanol–water partition coefficient (Wildman–Crippen LogP) is 1.17. The molecule has 1 N–H and O–H groups in total. The zero-order valence-electron chi connectivity index (χ0n) is 9.11. The standard InChI is InChI=1S/C11H14ClN3O/c1-13-9-4-5-15(7-9)11(16)10-3-2-8(12)6-14-10/h2-3,6,9,13H,4-5,7H2,1H3. The number of carbonyl (C=O) groups is 1. The fourth-order valence-electron chi connectivity index (χ4n) is 1.84. The third kappa shape index (κ3) is 2.33. The molecule has 0 bridgehead atoms. The Morgan fingerprint density at radius 3 is 3.00 bits per heavy atom. The van der Waals surface area contributed by atoms with Crippen molar-refractivity contribution < 1.29 is 4.79 Å². The summed E-state index contributed by atoms with van der Waals surface area (Å²) >= 11 is 5.72. The average molecular weight is 240 g/mol. The fourth-order valence-corrected chi connectivity index (χ4v) is 1.96. The zero-order valence-corrected chi connectivity index (χ0v) is 9.87. The molecule has 1 saturated heterocycles. The minimum absolute atomic E-state index is 0.0191. The van der Waals surface area contributed by atoms with E-state index in [0.29, 0.717) is 16.8 Å². The van der Waals surface area contributed by atoms with Gasteiger partial charge in [-0.25, -0.2) is 4.98 Å². The molecule has 1 fully saturated rings. The van der Waals surface area contributed by atoms with Crippen LogP contribution in [0.4, 0.5) is 0 Å². The lowest BCUT2D eigenvalue weighted by Gasteiger charge is -2.15. The first-order valence-corrected chi connectivity index (χ1v) is 5.66. The number of carbonyl (C=O) groups excluding carboxylic acids is 1. The summed E-state index contributed by atoms with van der Waals surface area (Å²) in [6, 6.07) is 3.75. The van der Waals surface area contributed by atoms with Gasteiger partial charge in [0.2, 0.25) is 0 Å². The third-order valence-electron chi connectivity index (χ3n) is 2.83. The van der Waals surface area contributed by atoms with Crippen LogP contribution in [0, 0.1) is 0 Å². The van der Waals surface area contributed by atoms with Gasteiger partial charge in [0, 0.05) is 25.3 Å². The van der Waals surface area contributed by atoms with Crippen LogP contribution in [0.1, 0.15) is 16.9 Å². The lowest BCUT2D eigenvalue weighted by atomic mass is 10.3. The number of likely N-dealkylation sites (tertiary alicyclic amines) is 1.